The van der Waals surface area contributed by atoms with Crippen LogP contribution in [0.2, 0.25) is 0 Å². The van der Waals surface area contributed by atoms with Gasteiger partial charge in [0.05, 0.1) is 0 Å². The van der Waals surface area contributed by atoms with E-state index in [0.29, 0.717) is 0 Å². The molecule has 0 radical (unpaired) electrons. The average Bonchev–Trinajstić information content (AvgIpc) is 2.25. The summed E-state index contributed by atoms with van der Waals surface area (Å²) in [6, 6.07) is 0. The maximum atomic E-state index is 3.48. The van der Waals surface area contributed by atoms with Crippen LogP contribution >= 0.6 is 0 Å². The molecule has 2 heteroatoms. The van der Waals surface area contributed by atoms with Gasteiger partial charge in [0.1, 0.15) is 0 Å². The lowest BCUT2D eigenvalue weighted by Gasteiger charge is -2.25. The zero-order valence-electron chi connectivity index (χ0n) is 9.89. The molecule has 1 saturated heterocycles. The maximum Gasteiger partial charge on any atom is -0.00187 e. The Morgan fingerprint density at radius 3 is 2.86 bits per heavy atom. The summed E-state index contributed by atoms with van der Waals surface area (Å²) >= 11 is 0. The highest BCUT2D eigenvalue weighted by atomic mass is 15.1. The van der Waals surface area contributed by atoms with Crippen LogP contribution < -0.4 is 5.32 Å². The van der Waals surface area contributed by atoms with Crippen molar-refractivity contribution in [2.24, 2.45) is 5.92 Å². The minimum atomic E-state index is 0.938. The highest BCUT2D eigenvalue weighted by molar-refractivity contribution is 4.70. The number of rotatable bonds is 6. The second kappa shape index (κ2) is 7.24. The van der Waals surface area contributed by atoms with E-state index in [1.165, 1.54) is 58.3 Å². The zero-order valence-corrected chi connectivity index (χ0v) is 9.89. The monoisotopic (exact) mass is 198 g/mol. The first kappa shape index (κ1) is 12.0. The molecule has 1 rings (SSSR count). The highest BCUT2D eigenvalue weighted by Gasteiger charge is 2.12. The molecule has 0 saturated carbocycles. The summed E-state index contributed by atoms with van der Waals surface area (Å²) in [6.07, 6.45) is 6.86. The van der Waals surface area contributed by atoms with Gasteiger partial charge in [0.25, 0.3) is 0 Å². The normalized spacial score (nSPS) is 22.9. The van der Waals surface area contributed by atoms with Gasteiger partial charge in [-0.15, -0.1) is 0 Å². The van der Waals surface area contributed by atoms with Gasteiger partial charge < -0.3 is 10.2 Å². The van der Waals surface area contributed by atoms with Crippen LogP contribution in [0.4, 0.5) is 0 Å². The summed E-state index contributed by atoms with van der Waals surface area (Å²) in [7, 11) is 2.26. The molecule has 1 aliphatic rings. The van der Waals surface area contributed by atoms with E-state index in [-0.39, 0.29) is 0 Å². The Morgan fingerprint density at radius 2 is 2.21 bits per heavy atom. The molecule has 14 heavy (non-hydrogen) atoms. The minimum absolute atomic E-state index is 0.938. The predicted molar refractivity (Wildman–Crippen MR) is 62.6 cm³/mol. The van der Waals surface area contributed by atoms with Gasteiger partial charge in [0, 0.05) is 0 Å². The van der Waals surface area contributed by atoms with Crippen LogP contribution in [0.15, 0.2) is 0 Å². The lowest BCUT2D eigenvalue weighted by molar-refractivity contribution is 0.271. The van der Waals surface area contributed by atoms with Crippen LogP contribution in [0.5, 0.6) is 0 Å². The van der Waals surface area contributed by atoms with Gasteiger partial charge in [-0.1, -0.05) is 13.3 Å². The second-order valence-electron chi connectivity index (χ2n) is 4.66. The quantitative estimate of drug-likeness (QED) is 0.703. The van der Waals surface area contributed by atoms with Crippen molar-refractivity contribution in [2.45, 2.75) is 39.0 Å². The van der Waals surface area contributed by atoms with Crippen LogP contribution in [0.3, 0.4) is 0 Å². The summed E-state index contributed by atoms with van der Waals surface area (Å²) in [5, 5.41) is 3.48. The van der Waals surface area contributed by atoms with Crippen LogP contribution in [0.25, 0.3) is 0 Å². The molecule has 0 unspecified atom stereocenters. The smallest absolute Gasteiger partial charge is 0.00187 e. The van der Waals surface area contributed by atoms with Crippen molar-refractivity contribution in [3.63, 3.8) is 0 Å². The Labute approximate surface area is 89.1 Å². The first-order chi connectivity index (χ1) is 6.83. The van der Waals surface area contributed by atoms with Crippen LogP contribution in [0, 0.1) is 5.92 Å². The molecule has 84 valence electrons. The van der Waals surface area contributed by atoms with E-state index < -0.39 is 0 Å². The van der Waals surface area contributed by atoms with Gasteiger partial charge in [0.2, 0.25) is 0 Å². The molecule has 1 heterocycles. The third-order valence-corrected chi connectivity index (χ3v) is 3.21. The Bertz CT molecular complexity index is 130. The molecule has 0 aromatic carbocycles. The molecule has 0 aliphatic carbocycles. The molecule has 0 aromatic heterocycles. The first-order valence-electron chi connectivity index (χ1n) is 6.22. The van der Waals surface area contributed by atoms with Crippen LogP contribution in [0.1, 0.15) is 39.0 Å². The Hall–Kier alpha value is -0.0800. The lowest BCUT2D eigenvalue weighted by atomic mass is 9.96. The SMILES string of the molecule is CCCCN(C)CC[C@@H]1CCCNC1. The van der Waals surface area contributed by atoms with Crippen molar-refractivity contribution in [3.05, 3.63) is 0 Å². The molecule has 1 N–H and O–H groups in total. The Kier molecular flexibility index (Phi) is 6.20. The number of nitrogens with one attached hydrogen (secondary N) is 1. The number of unbranched alkanes of at least 4 members (excludes halogenated alkanes) is 1. The molecule has 0 aromatic rings. The molecule has 1 fully saturated rings. The van der Waals surface area contributed by atoms with E-state index in [9.17, 15) is 0 Å². The van der Waals surface area contributed by atoms with Crippen molar-refractivity contribution >= 4 is 0 Å². The first-order valence-corrected chi connectivity index (χ1v) is 6.22. The van der Waals surface area contributed by atoms with Crippen molar-refractivity contribution in [1.29, 1.82) is 0 Å². The van der Waals surface area contributed by atoms with Gasteiger partial charge in [-0.2, -0.15) is 0 Å². The average molecular weight is 198 g/mol. The number of piperidine rings is 1. The van der Waals surface area contributed by atoms with E-state index in [1.54, 1.807) is 0 Å². The third-order valence-electron chi connectivity index (χ3n) is 3.21. The van der Waals surface area contributed by atoms with Gasteiger partial charge >= 0.3 is 0 Å². The maximum absolute atomic E-state index is 3.48. The lowest BCUT2D eigenvalue weighted by Crippen LogP contribution is -2.32. The Morgan fingerprint density at radius 1 is 1.36 bits per heavy atom. The van der Waals surface area contributed by atoms with E-state index in [4.69, 9.17) is 0 Å². The van der Waals surface area contributed by atoms with E-state index in [1.807, 2.05) is 0 Å². The third kappa shape index (κ3) is 4.97. The fourth-order valence-corrected chi connectivity index (χ4v) is 2.11. The molecule has 0 spiro atoms. The molecular weight excluding hydrogens is 172 g/mol. The van der Waals surface area contributed by atoms with Gasteiger partial charge in [0.15, 0.2) is 0 Å². The molecule has 0 amide bonds. The van der Waals surface area contributed by atoms with E-state index in [0.717, 1.165) is 5.92 Å². The summed E-state index contributed by atoms with van der Waals surface area (Å²) in [5.74, 6) is 0.938. The van der Waals surface area contributed by atoms with E-state index >= 15 is 0 Å². The zero-order chi connectivity index (χ0) is 10.2. The van der Waals surface area contributed by atoms with Crippen molar-refractivity contribution in [2.75, 3.05) is 33.2 Å². The van der Waals surface area contributed by atoms with E-state index in [2.05, 4.69) is 24.2 Å². The molecule has 0 bridgehead atoms. The number of hydrogen-bond donors (Lipinski definition) is 1. The summed E-state index contributed by atoms with van der Waals surface area (Å²) in [6.45, 7) is 7.31. The molecule has 1 atom stereocenters. The van der Waals surface area contributed by atoms with Gasteiger partial charge in [-0.05, 0) is 64.8 Å². The molecule has 2 nitrogen and oxygen atoms in total. The summed E-state index contributed by atoms with van der Waals surface area (Å²) < 4.78 is 0. The molecular formula is C12H26N2. The van der Waals surface area contributed by atoms with Gasteiger partial charge in [-0.25, -0.2) is 0 Å². The molecule has 1 aliphatic heterocycles. The van der Waals surface area contributed by atoms with Crippen LogP contribution in [-0.4, -0.2) is 38.1 Å². The van der Waals surface area contributed by atoms with Crippen molar-refractivity contribution in [1.82, 2.24) is 10.2 Å². The highest BCUT2D eigenvalue weighted by Crippen LogP contribution is 2.14. The fourth-order valence-electron chi connectivity index (χ4n) is 2.11. The van der Waals surface area contributed by atoms with Crippen molar-refractivity contribution < 1.29 is 0 Å². The number of nitrogens with zero attached hydrogens (tertiary/aromatic N) is 1. The summed E-state index contributed by atoms with van der Waals surface area (Å²) in [5.41, 5.74) is 0. The van der Waals surface area contributed by atoms with Crippen LogP contribution in [-0.2, 0) is 0 Å². The van der Waals surface area contributed by atoms with Gasteiger partial charge in [-0.3, -0.25) is 0 Å². The second-order valence-corrected chi connectivity index (χ2v) is 4.66. The minimum Gasteiger partial charge on any atom is -0.316 e. The standard InChI is InChI=1S/C12H26N2/c1-3-4-9-14(2)10-7-12-6-5-8-13-11-12/h12-13H,3-11H2,1-2H3/t12-/m0/s1. The number of hydrogen-bond acceptors (Lipinski definition) is 2. The fraction of sp³-hybridized carbons (Fsp3) is 1.00. The topological polar surface area (TPSA) is 15.3 Å². The predicted octanol–water partition coefficient (Wildman–Crippen LogP) is 2.11. The Balaban J connectivity index is 2.00. The summed E-state index contributed by atoms with van der Waals surface area (Å²) in [4.78, 5) is 2.48. The van der Waals surface area contributed by atoms with Crippen molar-refractivity contribution in [3.8, 4) is 0 Å². The largest absolute Gasteiger partial charge is 0.316 e.